The number of aliphatic hydroxyl groups is 1. The van der Waals surface area contributed by atoms with Gasteiger partial charge in [-0.2, -0.15) is 0 Å². The third-order valence-corrected chi connectivity index (χ3v) is 2.31. The maximum atomic E-state index is 9.53. The Morgan fingerprint density at radius 3 is 2.94 bits per heavy atom. The molecule has 0 heterocycles. The molecule has 0 saturated carbocycles. The molecule has 2 N–H and O–H groups in total. The maximum Gasteiger partial charge on any atom is 0.0897 e. The number of nitrogens with one attached hydrogen (secondary N) is 1. The van der Waals surface area contributed by atoms with E-state index in [4.69, 9.17) is 4.74 Å². The summed E-state index contributed by atoms with van der Waals surface area (Å²) in [6.45, 7) is 6.39. The maximum absolute atomic E-state index is 9.53. The van der Waals surface area contributed by atoms with Crippen molar-refractivity contribution in [3.8, 4) is 0 Å². The zero-order valence-corrected chi connectivity index (χ0v) is 10.1. The van der Waals surface area contributed by atoms with Gasteiger partial charge in [-0.3, -0.25) is 0 Å². The van der Waals surface area contributed by atoms with Gasteiger partial charge >= 0.3 is 0 Å². The van der Waals surface area contributed by atoms with Crippen LogP contribution >= 0.6 is 0 Å². The van der Waals surface area contributed by atoms with Crippen LogP contribution in [0.4, 0.5) is 0 Å². The van der Waals surface area contributed by atoms with E-state index in [0.29, 0.717) is 19.8 Å². The molecule has 90 valence electrons. The monoisotopic (exact) mass is 223 g/mol. The van der Waals surface area contributed by atoms with Crippen molar-refractivity contribution in [3.05, 3.63) is 35.4 Å². The van der Waals surface area contributed by atoms with E-state index >= 15 is 0 Å². The van der Waals surface area contributed by atoms with Gasteiger partial charge in [0.05, 0.1) is 12.7 Å². The molecule has 1 atom stereocenters. The zero-order chi connectivity index (χ0) is 11.8. The lowest BCUT2D eigenvalue weighted by Gasteiger charge is -2.11. The lowest BCUT2D eigenvalue weighted by molar-refractivity contribution is 0.0427. The van der Waals surface area contributed by atoms with Gasteiger partial charge in [-0.15, -0.1) is 0 Å². The van der Waals surface area contributed by atoms with E-state index in [1.54, 1.807) is 0 Å². The number of aliphatic hydroxyl groups excluding tert-OH is 1. The molecule has 0 fully saturated rings. The van der Waals surface area contributed by atoms with Crippen molar-refractivity contribution >= 4 is 0 Å². The Hall–Kier alpha value is -0.900. The van der Waals surface area contributed by atoms with Crippen LogP contribution in [-0.2, 0) is 11.3 Å². The summed E-state index contributed by atoms with van der Waals surface area (Å²) in [5, 5.41) is 12.7. The average Bonchev–Trinajstić information content (AvgIpc) is 2.26. The molecule has 0 aliphatic rings. The molecule has 0 amide bonds. The second kappa shape index (κ2) is 7.39. The summed E-state index contributed by atoms with van der Waals surface area (Å²) in [6, 6.07) is 8.34. The minimum absolute atomic E-state index is 0.400. The third-order valence-electron chi connectivity index (χ3n) is 2.31. The molecule has 1 aromatic carbocycles. The van der Waals surface area contributed by atoms with Crippen LogP contribution < -0.4 is 5.32 Å². The molecule has 0 spiro atoms. The van der Waals surface area contributed by atoms with Crippen molar-refractivity contribution in [2.45, 2.75) is 26.5 Å². The molecule has 16 heavy (non-hydrogen) atoms. The van der Waals surface area contributed by atoms with E-state index in [9.17, 15) is 5.11 Å². The second-order valence-electron chi connectivity index (χ2n) is 3.93. The largest absolute Gasteiger partial charge is 0.389 e. The molecule has 0 aliphatic carbocycles. The van der Waals surface area contributed by atoms with Gasteiger partial charge in [0.15, 0.2) is 0 Å². The number of aryl methyl sites for hydroxylation is 1. The van der Waals surface area contributed by atoms with Crippen LogP contribution in [-0.4, -0.2) is 31.0 Å². The van der Waals surface area contributed by atoms with E-state index in [0.717, 1.165) is 6.54 Å². The van der Waals surface area contributed by atoms with Crippen molar-refractivity contribution in [1.82, 2.24) is 5.32 Å². The summed E-state index contributed by atoms with van der Waals surface area (Å²) in [5.41, 5.74) is 2.50. The SMILES string of the molecule is CCOCC(O)CNCc1cccc(C)c1. The highest BCUT2D eigenvalue weighted by atomic mass is 16.5. The van der Waals surface area contributed by atoms with E-state index in [2.05, 4.69) is 30.4 Å². The summed E-state index contributed by atoms with van der Waals surface area (Å²) in [5.74, 6) is 0. The summed E-state index contributed by atoms with van der Waals surface area (Å²) in [7, 11) is 0. The predicted octanol–water partition coefficient (Wildman–Crippen LogP) is 1.48. The Morgan fingerprint density at radius 2 is 2.25 bits per heavy atom. The lowest BCUT2D eigenvalue weighted by atomic mass is 10.1. The van der Waals surface area contributed by atoms with E-state index in [1.807, 2.05) is 13.0 Å². The standard InChI is InChI=1S/C13H21NO2/c1-3-16-10-13(15)9-14-8-12-6-4-5-11(2)7-12/h4-7,13-15H,3,8-10H2,1-2H3. The predicted molar refractivity (Wildman–Crippen MR) is 65.4 cm³/mol. The van der Waals surface area contributed by atoms with Gasteiger partial charge in [-0.1, -0.05) is 29.8 Å². The first-order valence-corrected chi connectivity index (χ1v) is 5.74. The highest BCUT2D eigenvalue weighted by Crippen LogP contribution is 2.03. The fourth-order valence-corrected chi connectivity index (χ4v) is 1.52. The highest BCUT2D eigenvalue weighted by Gasteiger charge is 2.02. The molecule has 1 aromatic rings. The minimum Gasteiger partial charge on any atom is -0.389 e. The molecule has 0 saturated heterocycles. The molecular formula is C13H21NO2. The Labute approximate surface area is 97.4 Å². The number of hydrogen-bond acceptors (Lipinski definition) is 3. The van der Waals surface area contributed by atoms with Crippen molar-refractivity contribution in [2.75, 3.05) is 19.8 Å². The molecular weight excluding hydrogens is 202 g/mol. The van der Waals surface area contributed by atoms with Crippen molar-refractivity contribution in [3.63, 3.8) is 0 Å². The number of hydrogen-bond donors (Lipinski definition) is 2. The van der Waals surface area contributed by atoms with E-state index in [-0.39, 0.29) is 0 Å². The van der Waals surface area contributed by atoms with E-state index < -0.39 is 6.10 Å². The van der Waals surface area contributed by atoms with Gasteiger partial charge in [-0.25, -0.2) is 0 Å². The molecule has 3 heteroatoms. The van der Waals surface area contributed by atoms with Gasteiger partial charge in [0, 0.05) is 19.7 Å². The first-order chi connectivity index (χ1) is 7.72. The van der Waals surface area contributed by atoms with Crippen molar-refractivity contribution in [2.24, 2.45) is 0 Å². The van der Waals surface area contributed by atoms with Crippen LogP contribution in [0.15, 0.2) is 24.3 Å². The van der Waals surface area contributed by atoms with Gasteiger partial charge in [-0.05, 0) is 19.4 Å². The molecule has 0 aromatic heterocycles. The second-order valence-corrected chi connectivity index (χ2v) is 3.93. The minimum atomic E-state index is -0.426. The molecule has 1 rings (SSSR count). The summed E-state index contributed by atoms with van der Waals surface area (Å²) in [4.78, 5) is 0. The number of ether oxygens (including phenoxy) is 1. The smallest absolute Gasteiger partial charge is 0.0897 e. The number of benzene rings is 1. The van der Waals surface area contributed by atoms with Crippen LogP contribution in [0, 0.1) is 6.92 Å². The average molecular weight is 223 g/mol. The third kappa shape index (κ3) is 5.26. The van der Waals surface area contributed by atoms with Crippen molar-refractivity contribution in [1.29, 1.82) is 0 Å². The van der Waals surface area contributed by atoms with E-state index in [1.165, 1.54) is 11.1 Å². The molecule has 0 bridgehead atoms. The van der Waals surface area contributed by atoms with Gasteiger partial charge in [0.1, 0.15) is 0 Å². The Bertz CT molecular complexity index is 302. The molecule has 1 unspecified atom stereocenters. The Morgan fingerprint density at radius 1 is 1.44 bits per heavy atom. The quantitative estimate of drug-likeness (QED) is 0.735. The molecule has 0 radical (unpaired) electrons. The molecule has 3 nitrogen and oxygen atoms in total. The van der Waals surface area contributed by atoms with Gasteiger partial charge in [0.2, 0.25) is 0 Å². The summed E-state index contributed by atoms with van der Waals surface area (Å²) >= 11 is 0. The fourth-order valence-electron chi connectivity index (χ4n) is 1.52. The first kappa shape index (κ1) is 13.2. The van der Waals surface area contributed by atoms with Crippen molar-refractivity contribution < 1.29 is 9.84 Å². The highest BCUT2D eigenvalue weighted by molar-refractivity contribution is 5.21. The lowest BCUT2D eigenvalue weighted by Crippen LogP contribution is -2.30. The van der Waals surface area contributed by atoms with Crippen LogP contribution in [0.1, 0.15) is 18.1 Å². The number of rotatable bonds is 7. The van der Waals surface area contributed by atoms with Crippen LogP contribution in [0.25, 0.3) is 0 Å². The van der Waals surface area contributed by atoms with Gasteiger partial charge in [0.25, 0.3) is 0 Å². The zero-order valence-electron chi connectivity index (χ0n) is 10.1. The van der Waals surface area contributed by atoms with Gasteiger partial charge < -0.3 is 15.2 Å². The Balaban J connectivity index is 2.20. The summed E-state index contributed by atoms with van der Waals surface area (Å²) in [6.07, 6.45) is -0.426. The Kier molecular flexibility index (Phi) is 6.08. The normalized spacial score (nSPS) is 12.7. The fraction of sp³-hybridized carbons (Fsp3) is 0.538. The topological polar surface area (TPSA) is 41.5 Å². The van der Waals surface area contributed by atoms with Crippen LogP contribution in [0.2, 0.25) is 0 Å². The summed E-state index contributed by atoms with van der Waals surface area (Å²) < 4.78 is 5.13. The molecule has 0 aliphatic heterocycles. The first-order valence-electron chi connectivity index (χ1n) is 5.74. The van der Waals surface area contributed by atoms with Crippen LogP contribution in [0.5, 0.6) is 0 Å². The van der Waals surface area contributed by atoms with Crippen LogP contribution in [0.3, 0.4) is 0 Å².